The Hall–Kier alpha value is -2.49. The maximum Gasteiger partial charge on any atom is 0.417 e. The fourth-order valence-electron chi connectivity index (χ4n) is 2.51. The molecule has 1 aromatic heterocycles. The molecule has 3 rings (SSSR count). The Kier molecular flexibility index (Phi) is 6.98. The van der Waals surface area contributed by atoms with Gasteiger partial charge in [0, 0.05) is 11.1 Å². The van der Waals surface area contributed by atoms with Crippen LogP contribution in [0.25, 0.3) is 0 Å². The monoisotopic (exact) mass is 490 g/mol. The van der Waals surface area contributed by atoms with E-state index in [1.54, 1.807) is 6.07 Å². The highest BCUT2D eigenvalue weighted by molar-refractivity contribution is 8.00. The van der Waals surface area contributed by atoms with Crippen LogP contribution in [0.15, 0.2) is 59.6 Å². The van der Waals surface area contributed by atoms with Crippen molar-refractivity contribution in [3.8, 4) is 0 Å². The lowest BCUT2D eigenvalue weighted by atomic mass is 10.2. The molecule has 0 atom stereocenters. The molecule has 1 heterocycles. The van der Waals surface area contributed by atoms with Gasteiger partial charge in [0.05, 0.1) is 27.7 Å². The number of benzene rings is 2. The predicted molar refractivity (Wildman–Crippen MR) is 111 cm³/mol. The fourth-order valence-corrected chi connectivity index (χ4v) is 3.90. The van der Waals surface area contributed by atoms with Crippen LogP contribution in [0.1, 0.15) is 21.5 Å². The Labute approximate surface area is 188 Å². The summed E-state index contributed by atoms with van der Waals surface area (Å²) in [6.07, 6.45) is -3.95. The Morgan fingerprint density at radius 3 is 2.29 bits per heavy atom. The van der Waals surface area contributed by atoms with Gasteiger partial charge in [0.1, 0.15) is 5.82 Å². The van der Waals surface area contributed by atoms with Crippen molar-refractivity contribution in [2.45, 2.75) is 17.6 Å². The van der Waals surface area contributed by atoms with Crippen LogP contribution in [0, 0.1) is 5.82 Å². The van der Waals surface area contributed by atoms with Crippen LogP contribution in [0.5, 0.6) is 0 Å². The van der Waals surface area contributed by atoms with Gasteiger partial charge in [-0.25, -0.2) is 14.2 Å². The van der Waals surface area contributed by atoms with E-state index in [1.807, 2.05) is 0 Å². The van der Waals surface area contributed by atoms with Crippen molar-refractivity contribution in [3.05, 3.63) is 87.3 Å². The summed E-state index contributed by atoms with van der Waals surface area (Å²) in [5.41, 5.74) is -0.467. The lowest BCUT2D eigenvalue weighted by Crippen LogP contribution is -2.17. The molecule has 0 aliphatic rings. The number of anilines is 1. The maximum absolute atomic E-state index is 13.9. The van der Waals surface area contributed by atoms with Gasteiger partial charge in [0.15, 0.2) is 5.82 Å². The number of nitrogens with zero attached hydrogens (tertiary/aromatic N) is 2. The van der Waals surface area contributed by atoms with Crippen molar-refractivity contribution in [2.24, 2.45) is 0 Å². The zero-order valence-electron chi connectivity index (χ0n) is 15.3. The number of carboxylic acids is 1. The molecule has 2 aromatic carbocycles. The summed E-state index contributed by atoms with van der Waals surface area (Å²) in [6, 6.07) is 10.7. The smallest absolute Gasteiger partial charge is 0.417 e. The molecule has 0 saturated heterocycles. The number of aromatic nitrogens is 1. The van der Waals surface area contributed by atoms with Crippen LogP contribution in [-0.2, 0) is 12.7 Å². The van der Waals surface area contributed by atoms with E-state index >= 15 is 0 Å². The standard InChI is InChI=1S/C20H12Cl2F4N2O2S/c21-15-6-1-11(7-17(15)23)10-28(31-14-4-2-12(3-5-14)19(29)30)18-16(22)8-13(9-27-18)20(24,25)26/h1-9H,10H2,(H,29,30). The van der Waals surface area contributed by atoms with E-state index in [0.29, 0.717) is 16.7 Å². The SMILES string of the molecule is O=C(O)c1ccc(SN(Cc2ccc(Cl)c(F)c2)c2ncc(C(F)(F)F)cc2Cl)cc1. The lowest BCUT2D eigenvalue weighted by Gasteiger charge is -2.24. The molecule has 0 aliphatic carbocycles. The molecule has 0 bridgehead atoms. The van der Waals surface area contributed by atoms with E-state index in [9.17, 15) is 22.4 Å². The number of pyridine rings is 1. The molecule has 31 heavy (non-hydrogen) atoms. The average Bonchev–Trinajstić information content (AvgIpc) is 2.70. The van der Waals surface area contributed by atoms with Crippen molar-refractivity contribution in [1.82, 2.24) is 4.98 Å². The second-order valence-corrected chi connectivity index (χ2v) is 8.14. The number of alkyl halides is 3. The summed E-state index contributed by atoms with van der Waals surface area (Å²) in [5, 5.41) is 8.70. The van der Waals surface area contributed by atoms with E-state index in [1.165, 1.54) is 40.7 Å². The van der Waals surface area contributed by atoms with Crippen LogP contribution in [0.3, 0.4) is 0 Å². The van der Waals surface area contributed by atoms with Gasteiger partial charge in [0.2, 0.25) is 0 Å². The van der Waals surface area contributed by atoms with Gasteiger partial charge in [-0.3, -0.25) is 4.31 Å². The van der Waals surface area contributed by atoms with Gasteiger partial charge in [0.25, 0.3) is 0 Å². The van der Waals surface area contributed by atoms with E-state index in [4.69, 9.17) is 28.3 Å². The van der Waals surface area contributed by atoms with Crippen LogP contribution in [0.4, 0.5) is 23.4 Å². The van der Waals surface area contributed by atoms with Crippen molar-refractivity contribution in [2.75, 3.05) is 4.31 Å². The Morgan fingerprint density at radius 2 is 1.74 bits per heavy atom. The summed E-state index contributed by atoms with van der Waals surface area (Å²) >= 11 is 12.9. The maximum atomic E-state index is 13.9. The normalized spacial score (nSPS) is 11.4. The highest BCUT2D eigenvalue weighted by atomic mass is 35.5. The number of halogens is 6. The van der Waals surface area contributed by atoms with Crippen LogP contribution in [0.2, 0.25) is 10.0 Å². The van der Waals surface area contributed by atoms with Crippen LogP contribution in [-0.4, -0.2) is 16.1 Å². The molecule has 0 amide bonds. The molecule has 1 N–H and O–H groups in total. The van der Waals surface area contributed by atoms with E-state index in [2.05, 4.69) is 4.98 Å². The van der Waals surface area contributed by atoms with Crippen molar-refractivity contribution in [1.29, 1.82) is 0 Å². The van der Waals surface area contributed by atoms with Gasteiger partial charge in [-0.05, 0) is 60.0 Å². The largest absolute Gasteiger partial charge is 0.478 e. The highest BCUT2D eigenvalue weighted by Crippen LogP contribution is 2.38. The lowest BCUT2D eigenvalue weighted by molar-refractivity contribution is -0.137. The fraction of sp³-hybridized carbons (Fsp3) is 0.100. The quantitative estimate of drug-likeness (QED) is 0.299. The number of carboxylic acid groups (broad SMARTS) is 1. The van der Waals surface area contributed by atoms with Crippen molar-refractivity contribution < 1.29 is 27.5 Å². The number of hydrogen-bond donors (Lipinski definition) is 1. The van der Waals surface area contributed by atoms with Gasteiger partial charge in [-0.2, -0.15) is 13.2 Å². The zero-order chi connectivity index (χ0) is 22.8. The molecule has 4 nitrogen and oxygen atoms in total. The van der Waals surface area contributed by atoms with E-state index < -0.39 is 23.5 Å². The molecule has 0 spiro atoms. The highest BCUT2D eigenvalue weighted by Gasteiger charge is 2.32. The summed E-state index contributed by atoms with van der Waals surface area (Å²) in [7, 11) is 0. The molecule has 0 fully saturated rings. The Morgan fingerprint density at radius 1 is 1.06 bits per heavy atom. The minimum Gasteiger partial charge on any atom is -0.478 e. The van der Waals surface area contributed by atoms with Gasteiger partial charge < -0.3 is 5.11 Å². The molecule has 0 saturated carbocycles. The minimum atomic E-state index is -4.61. The summed E-state index contributed by atoms with van der Waals surface area (Å²) < 4.78 is 54.2. The molecule has 0 unspecified atom stereocenters. The zero-order valence-corrected chi connectivity index (χ0v) is 17.7. The van der Waals surface area contributed by atoms with E-state index in [-0.39, 0.29) is 28.0 Å². The van der Waals surface area contributed by atoms with Crippen LogP contribution < -0.4 is 4.31 Å². The topological polar surface area (TPSA) is 53.4 Å². The second kappa shape index (κ2) is 9.33. The van der Waals surface area contributed by atoms with Gasteiger partial charge in [-0.15, -0.1) is 0 Å². The first-order chi connectivity index (χ1) is 14.5. The molecular formula is C20H12Cl2F4N2O2S. The van der Waals surface area contributed by atoms with E-state index in [0.717, 1.165) is 18.0 Å². The predicted octanol–water partition coefficient (Wildman–Crippen LogP) is 6.96. The third-order valence-electron chi connectivity index (χ3n) is 4.01. The Bertz CT molecular complexity index is 1110. The minimum absolute atomic E-state index is 0.0253. The van der Waals surface area contributed by atoms with Gasteiger partial charge in [-0.1, -0.05) is 29.3 Å². The van der Waals surface area contributed by atoms with Crippen molar-refractivity contribution in [3.63, 3.8) is 0 Å². The molecule has 0 radical (unpaired) electrons. The molecule has 11 heteroatoms. The first-order valence-corrected chi connectivity index (χ1v) is 10.0. The number of aromatic carboxylic acids is 1. The Balaban J connectivity index is 1.97. The summed E-state index contributed by atoms with van der Waals surface area (Å²) in [5.74, 6) is -1.73. The third kappa shape index (κ3) is 5.81. The second-order valence-electron chi connectivity index (χ2n) is 6.23. The molecule has 162 valence electrons. The first-order valence-electron chi connectivity index (χ1n) is 8.50. The third-order valence-corrected chi connectivity index (χ3v) is 5.60. The molecule has 0 aliphatic heterocycles. The average molecular weight is 491 g/mol. The molecule has 3 aromatic rings. The first kappa shape index (κ1) is 23.2. The van der Waals surface area contributed by atoms with Gasteiger partial charge >= 0.3 is 12.1 Å². The number of rotatable bonds is 6. The summed E-state index contributed by atoms with van der Waals surface area (Å²) in [6.45, 7) is 0.0253. The molecular weight excluding hydrogens is 479 g/mol. The van der Waals surface area contributed by atoms with Crippen molar-refractivity contribution >= 4 is 46.9 Å². The number of hydrogen-bond acceptors (Lipinski definition) is 4. The number of carbonyl (C=O) groups is 1. The summed E-state index contributed by atoms with van der Waals surface area (Å²) in [4.78, 5) is 15.5. The van der Waals surface area contributed by atoms with Crippen LogP contribution >= 0.6 is 35.1 Å².